The van der Waals surface area contributed by atoms with Crippen LogP contribution in [0.15, 0.2) is 72.8 Å². The molecule has 0 aromatic heterocycles. The molecule has 44 heavy (non-hydrogen) atoms. The van der Waals surface area contributed by atoms with Gasteiger partial charge in [-0.15, -0.1) is 0 Å². The van der Waals surface area contributed by atoms with Gasteiger partial charge in [-0.25, -0.2) is 4.39 Å². The first-order chi connectivity index (χ1) is 20.7. The molecule has 0 spiro atoms. The predicted molar refractivity (Wildman–Crippen MR) is 150 cm³/mol. The summed E-state index contributed by atoms with van der Waals surface area (Å²) in [4.78, 5) is 13.2. The molecule has 1 aliphatic carbocycles. The average Bonchev–Trinajstić information content (AvgIpc) is 2.97. The fraction of sp³-hybridized carbons (Fsp3) is 0.424. The number of rotatable bonds is 10. The highest BCUT2D eigenvalue weighted by Crippen LogP contribution is 2.55. The molecule has 0 heterocycles. The Labute approximate surface area is 251 Å². The summed E-state index contributed by atoms with van der Waals surface area (Å²) < 4.78 is 101. The maximum Gasteiger partial charge on any atom is 0.416 e. The number of nitrogens with one attached hydrogen (secondary N) is 1. The lowest BCUT2D eigenvalue weighted by Gasteiger charge is -2.50. The highest BCUT2D eigenvalue weighted by Gasteiger charge is 2.56. The number of hydrogen-bond donors (Lipinski definition) is 2. The van der Waals surface area contributed by atoms with Crippen LogP contribution >= 0.6 is 0 Å². The molecule has 1 fully saturated rings. The Morgan fingerprint density at radius 2 is 1.55 bits per heavy atom. The lowest BCUT2D eigenvalue weighted by Crippen LogP contribution is -2.54. The zero-order valence-electron chi connectivity index (χ0n) is 24.2. The van der Waals surface area contributed by atoms with Gasteiger partial charge in [0.25, 0.3) is 0 Å². The summed E-state index contributed by atoms with van der Waals surface area (Å²) in [6.45, 7) is 3.89. The van der Waals surface area contributed by atoms with Crippen LogP contribution < -0.4 is 5.32 Å². The molecule has 0 unspecified atom stereocenters. The van der Waals surface area contributed by atoms with Crippen molar-refractivity contribution in [3.8, 4) is 0 Å². The van der Waals surface area contributed by atoms with Gasteiger partial charge in [-0.05, 0) is 85.7 Å². The first-order valence-electron chi connectivity index (χ1n) is 14.3. The lowest BCUT2D eigenvalue weighted by atomic mass is 9.55. The molecule has 3 aromatic carbocycles. The lowest BCUT2D eigenvalue weighted by molar-refractivity contribution is -0.167. The molecule has 0 amide bonds. The number of benzene rings is 3. The van der Waals surface area contributed by atoms with Crippen molar-refractivity contribution in [3.05, 3.63) is 106 Å². The summed E-state index contributed by atoms with van der Waals surface area (Å²) in [6.07, 6.45) is -11.4. The third kappa shape index (κ3) is 7.26. The topological polar surface area (TPSA) is 58.6 Å². The molecular formula is C33H34F7NO3. The van der Waals surface area contributed by atoms with Gasteiger partial charge in [0.05, 0.1) is 28.7 Å². The van der Waals surface area contributed by atoms with E-state index in [9.17, 15) is 40.6 Å². The molecule has 11 heteroatoms. The van der Waals surface area contributed by atoms with E-state index in [-0.39, 0.29) is 24.5 Å². The summed E-state index contributed by atoms with van der Waals surface area (Å²) >= 11 is 0. The molecule has 5 atom stereocenters. The second-order valence-corrected chi connectivity index (χ2v) is 11.3. The Balaban J connectivity index is 1.71. The van der Waals surface area contributed by atoms with Crippen molar-refractivity contribution in [1.29, 1.82) is 0 Å². The van der Waals surface area contributed by atoms with Gasteiger partial charge in [0.2, 0.25) is 0 Å². The third-order valence-electron chi connectivity index (χ3n) is 8.69. The van der Waals surface area contributed by atoms with Crippen LogP contribution in [0.4, 0.5) is 30.7 Å². The maximum atomic E-state index is 13.9. The number of carbonyl (C=O) groups is 1. The van der Waals surface area contributed by atoms with Gasteiger partial charge < -0.3 is 15.2 Å². The van der Waals surface area contributed by atoms with Gasteiger partial charge in [-0.1, -0.05) is 49.4 Å². The SMILES string of the molecule is CC[C@@]1(C(=O)O)[C@@H](CNCc2ccccc2)CC[C@H](O[C@H](C)c2cc(C(F)(F)F)cc(C(F)(F)F)c2)[C@@H]1c1ccc(F)cc1. The first kappa shape index (κ1) is 33.5. The van der Waals surface area contributed by atoms with Crippen LogP contribution in [0.5, 0.6) is 0 Å². The zero-order valence-corrected chi connectivity index (χ0v) is 24.2. The van der Waals surface area contributed by atoms with Crippen molar-refractivity contribution in [2.45, 2.75) is 70.1 Å². The highest BCUT2D eigenvalue weighted by atomic mass is 19.4. The molecule has 2 N–H and O–H groups in total. The summed E-state index contributed by atoms with van der Waals surface area (Å²) in [5, 5.41) is 14.1. The fourth-order valence-electron chi connectivity index (χ4n) is 6.50. The van der Waals surface area contributed by atoms with Gasteiger partial charge in [0, 0.05) is 12.5 Å². The number of alkyl halides is 6. The van der Waals surface area contributed by atoms with E-state index in [0.717, 1.165) is 5.56 Å². The van der Waals surface area contributed by atoms with E-state index in [1.165, 1.54) is 31.2 Å². The minimum absolute atomic E-state index is 0.0533. The fourth-order valence-corrected chi connectivity index (χ4v) is 6.50. The average molecular weight is 626 g/mol. The van der Waals surface area contributed by atoms with Crippen LogP contribution in [-0.2, 0) is 28.4 Å². The van der Waals surface area contributed by atoms with Crippen molar-refractivity contribution in [2.75, 3.05) is 6.54 Å². The Kier molecular flexibility index (Phi) is 10.1. The minimum Gasteiger partial charge on any atom is -0.481 e. The van der Waals surface area contributed by atoms with E-state index < -0.39 is 64.7 Å². The monoisotopic (exact) mass is 625 g/mol. The summed E-state index contributed by atoms with van der Waals surface area (Å²) in [5.74, 6) is -2.94. The number of carboxylic acids is 1. The molecule has 0 saturated heterocycles. The standard InChI is InChI=1S/C33H34F7NO3/c1-3-31(30(42)43)24(19-41-18-21-7-5-4-6-8-21)11-14-28(29(31)22-9-12-27(34)13-10-22)44-20(2)23-15-25(32(35,36)37)17-26(16-23)33(38,39)40/h4-10,12-13,15-17,20,24,28-29,41H,3,11,14,18-19H2,1-2H3,(H,42,43)/t20-,24-,28+,29+,31-/m1/s1. The molecule has 0 aliphatic heterocycles. The molecule has 1 saturated carbocycles. The van der Waals surface area contributed by atoms with Crippen molar-refractivity contribution < 1.29 is 45.4 Å². The van der Waals surface area contributed by atoms with Crippen molar-refractivity contribution in [1.82, 2.24) is 5.32 Å². The van der Waals surface area contributed by atoms with Crippen molar-refractivity contribution in [3.63, 3.8) is 0 Å². The Hall–Kier alpha value is -3.44. The second kappa shape index (κ2) is 13.3. The molecule has 4 nitrogen and oxygen atoms in total. The molecule has 3 aromatic rings. The quantitative estimate of drug-likeness (QED) is 0.221. The summed E-state index contributed by atoms with van der Waals surface area (Å²) in [6, 6.07) is 16.1. The molecule has 1 aliphatic rings. The van der Waals surface area contributed by atoms with E-state index in [2.05, 4.69) is 5.32 Å². The number of ether oxygens (including phenoxy) is 1. The number of carboxylic acid groups (broad SMARTS) is 1. The Morgan fingerprint density at radius 3 is 2.07 bits per heavy atom. The van der Waals surface area contributed by atoms with Gasteiger partial charge in [-0.3, -0.25) is 4.79 Å². The van der Waals surface area contributed by atoms with Crippen molar-refractivity contribution in [2.24, 2.45) is 11.3 Å². The Bertz CT molecular complexity index is 1380. The molecule has 4 rings (SSSR count). The van der Waals surface area contributed by atoms with Crippen molar-refractivity contribution >= 4 is 5.97 Å². The van der Waals surface area contributed by atoms with Crippen LogP contribution in [0, 0.1) is 17.2 Å². The third-order valence-corrected chi connectivity index (χ3v) is 8.69. The predicted octanol–water partition coefficient (Wildman–Crippen LogP) is 8.77. The van der Waals surface area contributed by atoms with E-state index in [1.807, 2.05) is 30.3 Å². The van der Waals surface area contributed by atoms with Crippen LogP contribution in [0.25, 0.3) is 0 Å². The summed E-state index contributed by atoms with van der Waals surface area (Å²) in [5.41, 5.74) is -3.24. The van der Waals surface area contributed by atoms with E-state index in [4.69, 9.17) is 4.74 Å². The maximum absolute atomic E-state index is 13.9. The van der Waals surface area contributed by atoms with Crippen LogP contribution in [-0.4, -0.2) is 23.7 Å². The molecular weight excluding hydrogens is 591 g/mol. The molecule has 238 valence electrons. The smallest absolute Gasteiger partial charge is 0.416 e. The first-order valence-corrected chi connectivity index (χ1v) is 14.3. The van der Waals surface area contributed by atoms with Gasteiger partial charge >= 0.3 is 18.3 Å². The number of halogens is 7. The van der Waals surface area contributed by atoms with Crippen LogP contribution in [0.2, 0.25) is 0 Å². The number of aliphatic carboxylic acids is 1. The normalized spacial score (nSPS) is 23.3. The number of hydrogen-bond acceptors (Lipinski definition) is 3. The second-order valence-electron chi connectivity index (χ2n) is 11.3. The van der Waals surface area contributed by atoms with E-state index >= 15 is 0 Å². The van der Waals surface area contributed by atoms with Crippen LogP contribution in [0.3, 0.4) is 0 Å². The zero-order chi connectivity index (χ0) is 32.3. The van der Waals surface area contributed by atoms with E-state index in [0.29, 0.717) is 37.2 Å². The largest absolute Gasteiger partial charge is 0.481 e. The highest BCUT2D eigenvalue weighted by molar-refractivity contribution is 5.77. The Morgan fingerprint density at radius 1 is 0.955 bits per heavy atom. The minimum atomic E-state index is -5.03. The van der Waals surface area contributed by atoms with Gasteiger partial charge in [-0.2, -0.15) is 26.3 Å². The molecule has 0 radical (unpaired) electrons. The molecule has 0 bridgehead atoms. The van der Waals surface area contributed by atoms with Crippen LogP contribution in [0.1, 0.15) is 72.9 Å². The van der Waals surface area contributed by atoms with Gasteiger partial charge in [0.15, 0.2) is 0 Å². The summed E-state index contributed by atoms with van der Waals surface area (Å²) in [7, 11) is 0. The van der Waals surface area contributed by atoms with Gasteiger partial charge in [0.1, 0.15) is 5.82 Å². The van der Waals surface area contributed by atoms with E-state index in [1.54, 1.807) is 6.92 Å².